The number of hydrogen-bond acceptors (Lipinski definition) is 5. The molecule has 0 aromatic carbocycles. The Bertz CT molecular complexity index is 347. The lowest BCUT2D eigenvalue weighted by atomic mass is 10.2. The lowest BCUT2D eigenvalue weighted by molar-refractivity contribution is -0.163. The number of rotatable bonds is 5. The Hall–Kier alpha value is -1.89. The van der Waals surface area contributed by atoms with Crippen molar-refractivity contribution in [3.63, 3.8) is 0 Å². The fourth-order valence-corrected chi connectivity index (χ4v) is 0.892. The lowest BCUT2D eigenvalue weighted by Gasteiger charge is -2.15. The first-order valence-electron chi connectivity index (χ1n) is 4.95. The van der Waals surface area contributed by atoms with Gasteiger partial charge in [-0.2, -0.15) is 0 Å². The summed E-state index contributed by atoms with van der Waals surface area (Å²) >= 11 is 0. The quantitative estimate of drug-likeness (QED) is 0.179. The average molecular weight is 245 g/mol. The zero-order valence-electron chi connectivity index (χ0n) is 9.84. The molecule has 0 saturated heterocycles. The molecule has 0 radical (unpaired) electrons. The highest BCUT2D eigenvalue weighted by Gasteiger charge is 2.25. The molecule has 0 aliphatic rings. The number of nitrogens with zero attached hydrogens (tertiary/aromatic N) is 1. The number of hydrogen-bond donors (Lipinski definition) is 2. The third kappa shape index (κ3) is 5.12. The highest BCUT2D eigenvalue weighted by molar-refractivity contribution is 6.18. The Morgan fingerprint density at radius 1 is 1.35 bits per heavy atom. The van der Waals surface area contributed by atoms with Crippen LogP contribution in [0.25, 0.3) is 0 Å². The van der Waals surface area contributed by atoms with E-state index in [0.29, 0.717) is 6.08 Å². The summed E-state index contributed by atoms with van der Waals surface area (Å²) in [6.07, 6.45) is -0.0902. The van der Waals surface area contributed by atoms with E-state index in [4.69, 9.17) is 15.1 Å². The van der Waals surface area contributed by atoms with Crippen LogP contribution in [0.4, 0.5) is 0 Å². The van der Waals surface area contributed by atoms with Crippen LogP contribution in [0.5, 0.6) is 0 Å². The van der Waals surface area contributed by atoms with Gasteiger partial charge in [0.2, 0.25) is 0 Å². The van der Waals surface area contributed by atoms with E-state index < -0.39 is 29.5 Å². The monoisotopic (exact) mass is 245 g/mol. The molecular weight excluding hydrogens is 230 g/mol. The number of aliphatic carboxylic acids is 1. The van der Waals surface area contributed by atoms with Crippen LogP contribution in [-0.4, -0.2) is 45.9 Å². The first-order chi connectivity index (χ1) is 7.79. The van der Waals surface area contributed by atoms with Crippen LogP contribution >= 0.6 is 0 Å². The SMILES string of the molecule is CCN(O)C(=O)/C(=C\C(=O)O)C(=O)OC(C)C. The van der Waals surface area contributed by atoms with Crippen molar-refractivity contribution in [1.82, 2.24) is 5.06 Å². The van der Waals surface area contributed by atoms with Gasteiger partial charge >= 0.3 is 11.9 Å². The molecule has 0 bridgehead atoms. The molecule has 0 heterocycles. The summed E-state index contributed by atoms with van der Waals surface area (Å²) in [5, 5.41) is 17.9. The molecule has 1 amide bonds. The zero-order chi connectivity index (χ0) is 13.6. The Morgan fingerprint density at radius 3 is 2.24 bits per heavy atom. The molecule has 7 nitrogen and oxygen atoms in total. The van der Waals surface area contributed by atoms with Crippen molar-refractivity contribution in [3.05, 3.63) is 11.6 Å². The van der Waals surface area contributed by atoms with Crippen molar-refractivity contribution in [1.29, 1.82) is 0 Å². The van der Waals surface area contributed by atoms with E-state index >= 15 is 0 Å². The molecule has 0 atom stereocenters. The Kier molecular flexibility index (Phi) is 5.90. The fourth-order valence-electron chi connectivity index (χ4n) is 0.892. The fraction of sp³-hybridized carbons (Fsp3) is 0.500. The number of likely N-dealkylation sites (N-methyl/N-ethyl adjacent to an activating group) is 1. The molecule has 17 heavy (non-hydrogen) atoms. The Balaban J connectivity index is 5.09. The lowest BCUT2D eigenvalue weighted by Crippen LogP contribution is -2.33. The molecule has 7 heteroatoms. The van der Waals surface area contributed by atoms with Crippen molar-refractivity contribution < 1.29 is 29.4 Å². The van der Waals surface area contributed by atoms with E-state index in [1.54, 1.807) is 13.8 Å². The number of esters is 1. The first kappa shape index (κ1) is 15.1. The van der Waals surface area contributed by atoms with Crippen LogP contribution in [0.2, 0.25) is 0 Å². The number of carbonyl (C=O) groups excluding carboxylic acids is 2. The van der Waals surface area contributed by atoms with Crippen molar-refractivity contribution in [2.75, 3.05) is 6.54 Å². The maximum atomic E-state index is 11.5. The Morgan fingerprint density at radius 2 is 1.88 bits per heavy atom. The van der Waals surface area contributed by atoms with Gasteiger partial charge in [0.25, 0.3) is 5.91 Å². The van der Waals surface area contributed by atoms with Crippen LogP contribution in [0.3, 0.4) is 0 Å². The molecule has 0 saturated carbocycles. The van der Waals surface area contributed by atoms with E-state index in [0.717, 1.165) is 0 Å². The molecule has 0 aliphatic heterocycles. The van der Waals surface area contributed by atoms with Gasteiger partial charge in [0, 0.05) is 12.6 Å². The number of ether oxygens (including phenoxy) is 1. The maximum Gasteiger partial charge on any atom is 0.344 e. The molecule has 0 aliphatic carbocycles. The van der Waals surface area contributed by atoms with E-state index in [1.165, 1.54) is 6.92 Å². The molecule has 0 fully saturated rings. The van der Waals surface area contributed by atoms with E-state index in [2.05, 4.69) is 0 Å². The largest absolute Gasteiger partial charge is 0.478 e. The molecule has 0 aromatic heterocycles. The molecule has 2 N–H and O–H groups in total. The summed E-state index contributed by atoms with van der Waals surface area (Å²) < 4.78 is 4.70. The van der Waals surface area contributed by atoms with Gasteiger partial charge in [0.1, 0.15) is 5.57 Å². The minimum atomic E-state index is -1.47. The second kappa shape index (κ2) is 6.64. The molecule has 96 valence electrons. The number of carbonyl (C=O) groups is 3. The minimum Gasteiger partial charge on any atom is -0.478 e. The second-order valence-electron chi connectivity index (χ2n) is 3.37. The van der Waals surface area contributed by atoms with Gasteiger partial charge in [-0.25, -0.2) is 14.7 Å². The van der Waals surface area contributed by atoms with Crippen molar-refractivity contribution in [3.8, 4) is 0 Å². The predicted octanol–water partition coefficient (Wildman–Crippen LogP) is 0.187. The van der Waals surface area contributed by atoms with Gasteiger partial charge in [-0.1, -0.05) is 0 Å². The van der Waals surface area contributed by atoms with Gasteiger partial charge < -0.3 is 9.84 Å². The normalized spacial score (nSPS) is 11.2. The summed E-state index contributed by atoms with van der Waals surface area (Å²) in [4.78, 5) is 33.4. The van der Waals surface area contributed by atoms with Crippen LogP contribution in [-0.2, 0) is 19.1 Å². The molecular formula is C10H15NO6. The third-order valence-electron chi connectivity index (χ3n) is 1.59. The summed E-state index contributed by atoms with van der Waals surface area (Å²) in [6, 6.07) is 0. The van der Waals surface area contributed by atoms with Crippen LogP contribution in [0.15, 0.2) is 11.6 Å². The number of carboxylic acids is 1. The third-order valence-corrected chi connectivity index (χ3v) is 1.59. The van der Waals surface area contributed by atoms with Gasteiger partial charge in [-0.15, -0.1) is 0 Å². The Labute approximate surface area is 98.2 Å². The summed E-state index contributed by atoms with van der Waals surface area (Å²) in [7, 11) is 0. The van der Waals surface area contributed by atoms with Crippen LogP contribution in [0.1, 0.15) is 20.8 Å². The summed E-state index contributed by atoms with van der Waals surface area (Å²) in [6.45, 7) is 4.49. The van der Waals surface area contributed by atoms with E-state index in [1.807, 2.05) is 0 Å². The van der Waals surface area contributed by atoms with Crippen molar-refractivity contribution in [2.45, 2.75) is 26.9 Å². The molecule has 0 aromatic rings. The van der Waals surface area contributed by atoms with E-state index in [-0.39, 0.29) is 11.6 Å². The topological polar surface area (TPSA) is 104 Å². The molecule has 0 unspecified atom stereocenters. The maximum absolute atomic E-state index is 11.5. The second-order valence-corrected chi connectivity index (χ2v) is 3.37. The van der Waals surface area contributed by atoms with Crippen molar-refractivity contribution >= 4 is 17.8 Å². The number of carboxylic acid groups (broad SMARTS) is 1. The first-order valence-corrected chi connectivity index (χ1v) is 4.95. The van der Waals surface area contributed by atoms with E-state index in [9.17, 15) is 14.4 Å². The smallest absolute Gasteiger partial charge is 0.344 e. The van der Waals surface area contributed by atoms with Gasteiger partial charge in [-0.3, -0.25) is 10.0 Å². The molecule has 0 spiro atoms. The van der Waals surface area contributed by atoms with Gasteiger partial charge in [-0.05, 0) is 20.8 Å². The predicted molar refractivity (Wildman–Crippen MR) is 56.1 cm³/mol. The number of hydroxylamine groups is 2. The highest BCUT2D eigenvalue weighted by atomic mass is 16.5. The average Bonchev–Trinajstić information content (AvgIpc) is 2.22. The minimum absolute atomic E-state index is 0.0786. The number of amides is 1. The standard InChI is InChI=1S/C10H15NO6/c1-4-11(16)9(14)7(5-8(12)13)10(15)17-6(2)3/h5-6,16H,4H2,1-3H3,(H,12,13)/b7-5+. The summed E-state index contributed by atoms with van der Waals surface area (Å²) in [5.74, 6) is -3.67. The van der Waals surface area contributed by atoms with Gasteiger partial charge in [0.15, 0.2) is 0 Å². The van der Waals surface area contributed by atoms with Crippen LogP contribution in [0, 0.1) is 0 Å². The van der Waals surface area contributed by atoms with Crippen molar-refractivity contribution in [2.24, 2.45) is 0 Å². The zero-order valence-corrected chi connectivity index (χ0v) is 9.84. The highest BCUT2D eigenvalue weighted by Crippen LogP contribution is 2.05. The van der Waals surface area contributed by atoms with Gasteiger partial charge in [0.05, 0.1) is 6.10 Å². The molecule has 0 rings (SSSR count). The van der Waals surface area contributed by atoms with Crippen LogP contribution < -0.4 is 0 Å². The summed E-state index contributed by atoms with van der Waals surface area (Å²) in [5.41, 5.74) is -0.726.